The Labute approximate surface area is 202 Å². The Hall–Kier alpha value is -3.47. The van der Waals surface area contributed by atoms with Crippen molar-refractivity contribution in [2.75, 3.05) is 30.8 Å². The summed E-state index contributed by atoms with van der Waals surface area (Å²) in [6.07, 6.45) is 3.88. The van der Waals surface area contributed by atoms with Crippen LogP contribution in [0.15, 0.2) is 18.3 Å². The molecule has 4 heterocycles. The molecule has 0 spiro atoms. The highest BCUT2D eigenvalue weighted by atomic mass is 19.1. The predicted molar refractivity (Wildman–Crippen MR) is 131 cm³/mol. The van der Waals surface area contributed by atoms with E-state index in [1.807, 2.05) is 24.7 Å². The largest absolute Gasteiger partial charge is 0.494 e. The van der Waals surface area contributed by atoms with Gasteiger partial charge in [-0.1, -0.05) is 0 Å². The number of aryl methyl sites for hydroxylation is 1. The van der Waals surface area contributed by atoms with E-state index in [-0.39, 0.29) is 17.9 Å². The van der Waals surface area contributed by atoms with E-state index in [9.17, 15) is 9.50 Å². The van der Waals surface area contributed by atoms with Crippen molar-refractivity contribution >= 4 is 28.2 Å². The molecule has 5 rings (SSSR count). The molecule has 0 aliphatic carbocycles. The highest BCUT2D eigenvalue weighted by molar-refractivity contribution is 5.95. The van der Waals surface area contributed by atoms with Crippen LogP contribution in [0, 0.1) is 12.7 Å². The fraction of sp³-hybridized carbons (Fsp3) is 0.500. The van der Waals surface area contributed by atoms with Crippen LogP contribution in [0.3, 0.4) is 0 Å². The van der Waals surface area contributed by atoms with Crippen molar-refractivity contribution in [1.29, 1.82) is 0 Å². The van der Waals surface area contributed by atoms with E-state index < -0.39 is 11.4 Å². The van der Waals surface area contributed by atoms with Crippen molar-refractivity contribution in [3.8, 4) is 5.75 Å². The van der Waals surface area contributed by atoms with Gasteiger partial charge in [0, 0.05) is 31.3 Å². The summed E-state index contributed by atoms with van der Waals surface area (Å²) in [5.74, 6) is 0.734. The van der Waals surface area contributed by atoms with E-state index in [1.54, 1.807) is 13.8 Å². The van der Waals surface area contributed by atoms with Crippen molar-refractivity contribution in [2.45, 2.75) is 58.1 Å². The molecule has 0 bridgehead atoms. The first-order valence-electron chi connectivity index (χ1n) is 11.8. The van der Waals surface area contributed by atoms with Crippen LogP contribution in [0.5, 0.6) is 5.75 Å². The van der Waals surface area contributed by atoms with Gasteiger partial charge in [-0.2, -0.15) is 9.61 Å². The van der Waals surface area contributed by atoms with Gasteiger partial charge in [0.25, 0.3) is 0 Å². The standard InChI is InChI=1S/C24H31FN8O2/c1-13-18(12-32(29-13)14(2)24(3,4)34)31-8-6-7-15(11-31)21-28-22-17-9-16(25)10-19(35-5)20(17)27-23(26)33(22)30-21/h9-10,12,14-15,34H,6-8,11H2,1-5H3,(H2,26,27)/t14-,15+/m0/s1. The maximum atomic E-state index is 14.3. The number of fused-ring (bicyclic) bond motifs is 3. The lowest BCUT2D eigenvalue weighted by atomic mass is 9.97. The van der Waals surface area contributed by atoms with Crippen LogP contribution in [0.1, 0.15) is 57.1 Å². The molecule has 0 saturated carbocycles. The Morgan fingerprint density at radius 1 is 1.26 bits per heavy atom. The van der Waals surface area contributed by atoms with Gasteiger partial charge >= 0.3 is 0 Å². The van der Waals surface area contributed by atoms with E-state index in [4.69, 9.17) is 15.5 Å². The zero-order chi connectivity index (χ0) is 25.1. The second-order valence-corrected chi connectivity index (χ2v) is 9.87. The fourth-order valence-electron chi connectivity index (χ4n) is 4.72. The number of nitrogens with two attached hydrogens (primary N) is 1. The summed E-state index contributed by atoms with van der Waals surface area (Å²) in [6.45, 7) is 9.11. The monoisotopic (exact) mass is 482 g/mol. The number of hydrogen-bond acceptors (Lipinski definition) is 8. The third-order valence-corrected chi connectivity index (χ3v) is 7.00. The Morgan fingerprint density at radius 2 is 2.03 bits per heavy atom. The molecule has 1 fully saturated rings. The molecule has 1 aromatic carbocycles. The van der Waals surface area contributed by atoms with Gasteiger partial charge in [0.2, 0.25) is 5.95 Å². The maximum absolute atomic E-state index is 14.3. The van der Waals surface area contributed by atoms with Crippen molar-refractivity contribution in [2.24, 2.45) is 0 Å². The molecule has 0 amide bonds. The van der Waals surface area contributed by atoms with E-state index in [0.29, 0.717) is 34.7 Å². The third-order valence-electron chi connectivity index (χ3n) is 7.00. The summed E-state index contributed by atoms with van der Waals surface area (Å²) < 4.78 is 22.9. The molecular weight excluding hydrogens is 451 g/mol. The molecule has 0 unspecified atom stereocenters. The van der Waals surface area contributed by atoms with Crippen molar-refractivity contribution in [3.63, 3.8) is 0 Å². The maximum Gasteiger partial charge on any atom is 0.223 e. The number of aromatic nitrogens is 6. The van der Waals surface area contributed by atoms with Gasteiger partial charge < -0.3 is 20.5 Å². The summed E-state index contributed by atoms with van der Waals surface area (Å²) >= 11 is 0. The number of nitrogens with zero attached hydrogens (tertiary/aromatic N) is 7. The Balaban J connectivity index is 1.49. The molecule has 3 N–H and O–H groups in total. The quantitative estimate of drug-likeness (QED) is 0.445. The number of methoxy groups -OCH3 is 1. The summed E-state index contributed by atoms with van der Waals surface area (Å²) in [4.78, 5) is 11.5. The van der Waals surface area contributed by atoms with Crippen LogP contribution in [-0.4, -0.2) is 60.3 Å². The number of anilines is 2. The second-order valence-electron chi connectivity index (χ2n) is 9.87. The molecule has 4 aromatic rings. The lowest BCUT2D eigenvalue weighted by Gasteiger charge is -2.32. The number of hydrogen-bond donors (Lipinski definition) is 2. The van der Waals surface area contributed by atoms with E-state index >= 15 is 0 Å². The van der Waals surface area contributed by atoms with Crippen LogP contribution in [0.4, 0.5) is 16.0 Å². The lowest BCUT2D eigenvalue weighted by molar-refractivity contribution is 0.0257. The van der Waals surface area contributed by atoms with Crippen LogP contribution >= 0.6 is 0 Å². The topological polar surface area (TPSA) is 120 Å². The zero-order valence-corrected chi connectivity index (χ0v) is 20.7. The van der Waals surface area contributed by atoms with Crippen molar-refractivity contribution < 1.29 is 14.2 Å². The number of nitrogen functional groups attached to an aromatic ring is 1. The summed E-state index contributed by atoms with van der Waals surface area (Å²) in [5, 5.41) is 20.2. The van der Waals surface area contributed by atoms with Crippen molar-refractivity contribution in [3.05, 3.63) is 35.7 Å². The second kappa shape index (κ2) is 8.33. The smallest absolute Gasteiger partial charge is 0.223 e. The van der Waals surface area contributed by atoms with Crippen LogP contribution < -0.4 is 15.4 Å². The molecule has 186 valence electrons. The Morgan fingerprint density at radius 3 is 2.74 bits per heavy atom. The molecule has 10 nitrogen and oxygen atoms in total. The number of rotatable bonds is 5. The first kappa shape index (κ1) is 23.3. The SMILES string of the molecule is COc1cc(F)cc2c1nc(N)n1nc([C@@H]3CCCN(c4cn([C@@H](C)C(C)(C)O)nc4C)C3)nc21. The number of halogens is 1. The number of benzene rings is 1. The van der Waals surface area contributed by atoms with Gasteiger partial charge in [-0.05, 0) is 46.6 Å². The van der Waals surface area contributed by atoms with Crippen LogP contribution in [0.2, 0.25) is 0 Å². The molecule has 1 aliphatic heterocycles. The minimum Gasteiger partial charge on any atom is -0.494 e. The zero-order valence-electron chi connectivity index (χ0n) is 20.7. The molecule has 3 aromatic heterocycles. The first-order chi connectivity index (χ1) is 16.6. The highest BCUT2D eigenvalue weighted by Crippen LogP contribution is 2.34. The van der Waals surface area contributed by atoms with Gasteiger partial charge in [-0.15, -0.1) is 5.10 Å². The number of piperidine rings is 1. The van der Waals surface area contributed by atoms with Gasteiger partial charge in [-0.3, -0.25) is 4.68 Å². The first-order valence-corrected chi connectivity index (χ1v) is 11.8. The molecular formula is C24H31FN8O2. The molecule has 2 atom stereocenters. The molecule has 1 saturated heterocycles. The van der Waals surface area contributed by atoms with E-state index in [2.05, 4.69) is 20.1 Å². The minimum atomic E-state index is -0.889. The minimum absolute atomic E-state index is 0.0583. The van der Waals surface area contributed by atoms with E-state index in [1.165, 1.54) is 23.8 Å². The number of aliphatic hydroxyl groups is 1. The van der Waals surface area contributed by atoms with E-state index in [0.717, 1.165) is 30.8 Å². The molecule has 0 radical (unpaired) electrons. The Kier molecular flexibility index (Phi) is 5.54. The van der Waals surface area contributed by atoms with Gasteiger partial charge in [0.05, 0.1) is 35.5 Å². The lowest BCUT2D eigenvalue weighted by Crippen LogP contribution is -2.35. The van der Waals surface area contributed by atoms with Gasteiger partial charge in [0.15, 0.2) is 11.5 Å². The Bertz CT molecular complexity index is 1410. The average Bonchev–Trinajstić information content (AvgIpc) is 3.43. The molecule has 11 heteroatoms. The van der Waals surface area contributed by atoms with Gasteiger partial charge in [0.1, 0.15) is 17.1 Å². The molecule has 1 aliphatic rings. The summed E-state index contributed by atoms with van der Waals surface area (Å²) in [5.41, 5.74) is 8.15. The van der Waals surface area contributed by atoms with Gasteiger partial charge in [-0.25, -0.2) is 14.4 Å². The highest BCUT2D eigenvalue weighted by Gasteiger charge is 2.30. The van der Waals surface area contributed by atoms with Crippen LogP contribution in [-0.2, 0) is 0 Å². The average molecular weight is 483 g/mol. The number of ether oxygens (including phenoxy) is 1. The fourth-order valence-corrected chi connectivity index (χ4v) is 4.72. The third kappa shape index (κ3) is 4.03. The summed E-state index contributed by atoms with van der Waals surface area (Å²) in [6, 6.07) is 2.49. The summed E-state index contributed by atoms with van der Waals surface area (Å²) in [7, 11) is 1.47. The van der Waals surface area contributed by atoms with Crippen molar-refractivity contribution in [1.82, 2.24) is 29.4 Å². The normalized spacial score (nSPS) is 17.9. The predicted octanol–water partition coefficient (Wildman–Crippen LogP) is 3.23. The molecule has 35 heavy (non-hydrogen) atoms. The van der Waals surface area contributed by atoms with Crippen LogP contribution in [0.25, 0.3) is 16.6 Å².